The highest BCUT2D eigenvalue weighted by Crippen LogP contribution is 2.32. The van der Waals surface area contributed by atoms with Crippen molar-refractivity contribution in [1.82, 2.24) is 40.0 Å². The minimum atomic E-state index is -0.342. The molecule has 0 spiro atoms. The normalized spacial score (nSPS) is 11.6. The van der Waals surface area contributed by atoms with Crippen molar-refractivity contribution in [2.24, 2.45) is 0 Å². The van der Waals surface area contributed by atoms with Gasteiger partial charge < -0.3 is 15.2 Å². The van der Waals surface area contributed by atoms with E-state index in [-0.39, 0.29) is 5.82 Å². The molecular weight excluding hydrogens is 481 g/mol. The number of aromatic amines is 2. The number of imidazole rings is 1. The third-order valence-electron chi connectivity index (χ3n) is 6.41. The van der Waals surface area contributed by atoms with Crippen LogP contribution in [-0.2, 0) is 0 Å². The number of halogens is 1. The van der Waals surface area contributed by atoms with Crippen LogP contribution in [0.5, 0.6) is 0 Å². The molecule has 0 radical (unpaired) electrons. The van der Waals surface area contributed by atoms with Gasteiger partial charge in [0.05, 0.1) is 22.4 Å². The molecule has 5 heterocycles. The molecule has 0 amide bonds. The predicted molar refractivity (Wildman–Crippen MR) is 147 cm³/mol. The SMILES string of the molecule is Cc1ccncc1-c1ccc2[nH]nc(-c3nc4c(-c5cc(F)cc(NCCN(C)C)c5)nccc4[nH]3)c2n1. The first-order valence-electron chi connectivity index (χ1n) is 12.3. The lowest BCUT2D eigenvalue weighted by Crippen LogP contribution is -2.20. The summed E-state index contributed by atoms with van der Waals surface area (Å²) in [5.74, 6) is 0.207. The molecule has 0 saturated heterocycles. The van der Waals surface area contributed by atoms with Gasteiger partial charge in [0.15, 0.2) is 11.5 Å². The van der Waals surface area contributed by atoms with Crippen LogP contribution in [0.3, 0.4) is 0 Å². The molecule has 38 heavy (non-hydrogen) atoms. The molecule has 10 heteroatoms. The third-order valence-corrected chi connectivity index (χ3v) is 6.41. The molecule has 5 aromatic heterocycles. The van der Waals surface area contributed by atoms with Crippen LogP contribution >= 0.6 is 0 Å². The highest BCUT2D eigenvalue weighted by atomic mass is 19.1. The second-order valence-corrected chi connectivity index (χ2v) is 9.46. The second-order valence-electron chi connectivity index (χ2n) is 9.46. The van der Waals surface area contributed by atoms with Crippen LogP contribution < -0.4 is 5.32 Å². The number of H-pyrrole nitrogens is 2. The third kappa shape index (κ3) is 4.46. The van der Waals surface area contributed by atoms with Crippen molar-refractivity contribution < 1.29 is 4.39 Å². The van der Waals surface area contributed by atoms with Gasteiger partial charge in [0.1, 0.15) is 16.9 Å². The summed E-state index contributed by atoms with van der Waals surface area (Å²) >= 11 is 0. The predicted octanol–water partition coefficient (Wildman–Crippen LogP) is 5.05. The highest BCUT2D eigenvalue weighted by molar-refractivity contribution is 5.95. The van der Waals surface area contributed by atoms with Gasteiger partial charge in [-0.2, -0.15) is 5.10 Å². The summed E-state index contributed by atoms with van der Waals surface area (Å²) in [6, 6.07) is 12.6. The Hall–Kier alpha value is -4.70. The number of rotatable bonds is 7. The van der Waals surface area contributed by atoms with Crippen molar-refractivity contribution >= 4 is 27.8 Å². The number of likely N-dealkylation sites (N-methyl/N-ethyl adjacent to an activating group) is 1. The molecule has 190 valence electrons. The molecule has 9 nitrogen and oxygen atoms in total. The Morgan fingerprint density at radius 3 is 2.66 bits per heavy atom. The van der Waals surface area contributed by atoms with E-state index in [2.05, 4.69) is 35.4 Å². The van der Waals surface area contributed by atoms with E-state index in [1.165, 1.54) is 12.1 Å². The maximum Gasteiger partial charge on any atom is 0.161 e. The minimum Gasteiger partial charge on any atom is -0.384 e. The number of anilines is 1. The lowest BCUT2D eigenvalue weighted by molar-refractivity contribution is 0.425. The Kier molecular flexibility index (Phi) is 6.01. The average Bonchev–Trinajstić information content (AvgIpc) is 3.52. The summed E-state index contributed by atoms with van der Waals surface area (Å²) < 4.78 is 14.6. The average molecular weight is 508 g/mol. The van der Waals surface area contributed by atoms with Crippen LogP contribution in [-0.4, -0.2) is 67.2 Å². The Balaban J connectivity index is 1.41. The van der Waals surface area contributed by atoms with Crippen LogP contribution in [0.4, 0.5) is 10.1 Å². The highest BCUT2D eigenvalue weighted by Gasteiger charge is 2.18. The fourth-order valence-electron chi connectivity index (χ4n) is 4.46. The molecule has 0 atom stereocenters. The maximum absolute atomic E-state index is 14.6. The van der Waals surface area contributed by atoms with Crippen molar-refractivity contribution in [3.8, 4) is 34.0 Å². The van der Waals surface area contributed by atoms with E-state index in [0.29, 0.717) is 46.0 Å². The lowest BCUT2D eigenvalue weighted by atomic mass is 10.1. The quantitative estimate of drug-likeness (QED) is 0.277. The van der Waals surface area contributed by atoms with Gasteiger partial charge >= 0.3 is 0 Å². The van der Waals surface area contributed by atoms with Crippen molar-refractivity contribution in [3.05, 3.63) is 72.4 Å². The zero-order valence-corrected chi connectivity index (χ0v) is 21.2. The summed E-state index contributed by atoms with van der Waals surface area (Å²) in [6.45, 7) is 3.55. The molecule has 0 aliphatic carbocycles. The Morgan fingerprint density at radius 2 is 1.82 bits per heavy atom. The summed E-state index contributed by atoms with van der Waals surface area (Å²) in [7, 11) is 3.99. The van der Waals surface area contributed by atoms with E-state index in [4.69, 9.17) is 9.97 Å². The second kappa shape index (κ2) is 9.64. The smallest absolute Gasteiger partial charge is 0.161 e. The molecule has 0 fully saturated rings. The first-order chi connectivity index (χ1) is 18.5. The van der Waals surface area contributed by atoms with E-state index in [1.54, 1.807) is 12.4 Å². The summed E-state index contributed by atoms with van der Waals surface area (Å²) in [5, 5.41) is 10.8. The maximum atomic E-state index is 14.6. The van der Waals surface area contributed by atoms with Crippen LogP contribution in [0.1, 0.15) is 5.56 Å². The van der Waals surface area contributed by atoms with E-state index in [0.717, 1.165) is 34.4 Å². The first kappa shape index (κ1) is 23.7. The lowest BCUT2D eigenvalue weighted by Gasteiger charge is -2.12. The molecule has 0 saturated carbocycles. The van der Waals surface area contributed by atoms with Crippen molar-refractivity contribution in [1.29, 1.82) is 0 Å². The number of fused-ring (bicyclic) bond motifs is 2. The number of aromatic nitrogens is 7. The molecule has 6 aromatic rings. The topological polar surface area (TPSA) is 111 Å². The fourth-order valence-corrected chi connectivity index (χ4v) is 4.46. The zero-order chi connectivity index (χ0) is 26.2. The molecule has 0 unspecified atom stereocenters. The minimum absolute atomic E-state index is 0.342. The van der Waals surface area contributed by atoms with Crippen molar-refractivity contribution in [2.45, 2.75) is 6.92 Å². The molecule has 1 aromatic carbocycles. The number of hydrogen-bond acceptors (Lipinski definition) is 7. The number of nitrogens with zero attached hydrogens (tertiary/aromatic N) is 6. The van der Waals surface area contributed by atoms with Gasteiger partial charge in [0.25, 0.3) is 0 Å². The Morgan fingerprint density at radius 1 is 0.947 bits per heavy atom. The summed E-state index contributed by atoms with van der Waals surface area (Å²) in [6.07, 6.45) is 5.26. The van der Waals surface area contributed by atoms with Gasteiger partial charge in [0.2, 0.25) is 0 Å². The molecular formula is C28H26FN9. The van der Waals surface area contributed by atoms with E-state index in [9.17, 15) is 4.39 Å². The van der Waals surface area contributed by atoms with Gasteiger partial charge in [-0.15, -0.1) is 0 Å². The van der Waals surface area contributed by atoms with E-state index >= 15 is 0 Å². The van der Waals surface area contributed by atoms with E-state index in [1.807, 2.05) is 57.5 Å². The fraction of sp³-hybridized carbons (Fsp3) is 0.179. The van der Waals surface area contributed by atoms with Gasteiger partial charge in [-0.1, -0.05) is 0 Å². The van der Waals surface area contributed by atoms with Gasteiger partial charge in [-0.3, -0.25) is 15.1 Å². The molecule has 6 rings (SSSR count). The first-order valence-corrected chi connectivity index (χ1v) is 12.3. The molecule has 0 aliphatic rings. The number of aryl methyl sites for hydroxylation is 1. The number of nitrogens with one attached hydrogen (secondary N) is 3. The summed E-state index contributed by atoms with van der Waals surface area (Å²) in [4.78, 5) is 23.9. The largest absolute Gasteiger partial charge is 0.384 e. The standard InChI is InChI=1S/C28H26FN9/c1-16-6-8-30-15-20(16)21-4-5-23-26(33-21)27(37-36-23)28-34-22-7-9-32-24(25(22)35-28)17-12-18(29)14-19(13-17)31-10-11-38(2)3/h4-9,12-15,31H,10-11H2,1-3H3,(H,34,35)(H,36,37). The van der Waals surface area contributed by atoms with Crippen LogP contribution in [0.15, 0.2) is 61.1 Å². The van der Waals surface area contributed by atoms with Crippen LogP contribution in [0.25, 0.3) is 56.1 Å². The van der Waals surface area contributed by atoms with Crippen molar-refractivity contribution in [3.63, 3.8) is 0 Å². The van der Waals surface area contributed by atoms with Gasteiger partial charge in [0, 0.05) is 48.5 Å². The monoisotopic (exact) mass is 507 g/mol. The Labute approximate surface area is 218 Å². The van der Waals surface area contributed by atoms with E-state index < -0.39 is 0 Å². The number of hydrogen-bond donors (Lipinski definition) is 3. The molecule has 3 N–H and O–H groups in total. The molecule has 0 aliphatic heterocycles. The zero-order valence-electron chi connectivity index (χ0n) is 21.2. The van der Waals surface area contributed by atoms with Crippen molar-refractivity contribution in [2.75, 3.05) is 32.5 Å². The van der Waals surface area contributed by atoms with Gasteiger partial charge in [-0.05, 0) is 69.0 Å². The number of benzene rings is 1. The van der Waals surface area contributed by atoms with Crippen LogP contribution in [0.2, 0.25) is 0 Å². The van der Waals surface area contributed by atoms with Crippen LogP contribution in [0, 0.1) is 12.7 Å². The summed E-state index contributed by atoms with van der Waals surface area (Å²) in [5.41, 5.74) is 8.24. The van der Waals surface area contributed by atoms with Gasteiger partial charge in [-0.25, -0.2) is 14.4 Å². The molecule has 0 bridgehead atoms. The number of pyridine rings is 3. The Bertz CT molecular complexity index is 1770.